The number of ether oxygens (including phenoxy) is 1. The van der Waals surface area contributed by atoms with Crippen LogP contribution in [0.25, 0.3) is 0 Å². The van der Waals surface area contributed by atoms with Crippen molar-refractivity contribution in [2.24, 2.45) is 5.92 Å². The minimum Gasteiger partial charge on any atom is -0.463 e. The Balaban J connectivity index is 3.42. The molecule has 0 spiro atoms. The summed E-state index contributed by atoms with van der Waals surface area (Å²) in [4.78, 5) is 21.5. The summed E-state index contributed by atoms with van der Waals surface area (Å²) in [7, 11) is 0. The normalized spacial score (nSPS) is 12.5. The van der Waals surface area contributed by atoms with Crippen molar-refractivity contribution in [3.63, 3.8) is 0 Å². The molecule has 0 rings (SSSR count). The minimum atomic E-state index is -0.0894. The zero-order valence-corrected chi connectivity index (χ0v) is 11.4. The topological polar surface area (TPSA) is 43.4 Å². The highest BCUT2D eigenvalue weighted by molar-refractivity contribution is 5.69. The second kappa shape index (κ2) is 10.3. The minimum absolute atomic E-state index is 0.0157. The molecule has 0 N–H and O–H groups in total. The molecule has 0 saturated carbocycles. The van der Waals surface area contributed by atoms with E-state index in [0.717, 1.165) is 38.4 Å². The first-order valence-electron chi connectivity index (χ1n) is 6.69. The van der Waals surface area contributed by atoms with Crippen molar-refractivity contribution in [1.82, 2.24) is 0 Å². The number of aldehydes is 1. The van der Waals surface area contributed by atoms with Crippen molar-refractivity contribution >= 4 is 12.3 Å². The third-order valence-electron chi connectivity index (χ3n) is 2.65. The first-order valence-corrected chi connectivity index (χ1v) is 6.69. The summed E-state index contributed by atoms with van der Waals surface area (Å²) in [6.07, 6.45) is 7.61. The molecule has 0 saturated heterocycles. The summed E-state index contributed by atoms with van der Waals surface area (Å²) in [5, 5.41) is 0. The van der Waals surface area contributed by atoms with Gasteiger partial charge in [-0.25, -0.2) is 0 Å². The number of unbranched alkanes of at least 4 members (excludes halogenated alkanes) is 4. The van der Waals surface area contributed by atoms with Gasteiger partial charge in [-0.3, -0.25) is 4.79 Å². The standard InChI is InChI=1S/C14H26O3/c1-12(2)17-14(16)11-13(3)9-7-5-4-6-8-10-15/h10,12-13H,4-9,11H2,1-3H3. The Hall–Kier alpha value is -0.860. The fourth-order valence-corrected chi connectivity index (χ4v) is 1.77. The molecule has 3 nitrogen and oxygen atoms in total. The molecule has 0 bridgehead atoms. The van der Waals surface area contributed by atoms with Crippen LogP contribution in [0, 0.1) is 5.92 Å². The van der Waals surface area contributed by atoms with E-state index in [0.29, 0.717) is 18.8 Å². The average Bonchev–Trinajstić information content (AvgIpc) is 2.21. The Bertz CT molecular complexity index is 212. The van der Waals surface area contributed by atoms with Gasteiger partial charge in [0, 0.05) is 12.8 Å². The van der Waals surface area contributed by atoms with E-state index in [4.69, 9.17) is 4.74 Å². The Labute approximate surface area is 105 Å². The predicted molar refractivity (Wildman–Crippen MR) is 68.8 cm³/mol. The quantitative estimate of drug-likeness (QED) is 0.334. The zero-order valence-electron chi connectivity index (χ0n) is 11.4. The van der Waals surface area contributed by atoms with Crippen molar-refractivity contribution in [3.8, 4) is 0 Å². The van der Waals surface area contributed by atoms with Crippen LogP contribution in [0.15, 0.2) is 0 Å². The fourth-order valence-electron chi connectivity index (χ4n) is 1.77. The number of carbonyl (C=O) groups excluding carboxylic acids is 2. The van der Waals surface area contributed by atoms with Crippen LogP contribution in [-0.4, -0.2) is 18.4 Å². The SMILES string of the molecule is CC(CCCCCCC=O)CC(=O)OC(C)C. The van der Waals surface area contributed by atoms with Crippen molar-refractivity contribution in [1.29, 1.82) is 0 Å². The maximum Gasteiger partial charge on any atom is 0.306 e. The third-order valence-corrected chi connectivity index (χ3v) is 2.65. The van der Waals surface area contributed by atoms with Gasteiger partial charge in [0.05, 0.1) is 6.10 Å². The van der Waals surface area contributed by atoms with Crippen LogP contribution in [0.3, 0.4) is 0 Å². The van der Waals surface area contributed by atoms with E-state index in [1.807, 2.05) is 13.8 Å². The van der Waals surface area contributed by atoms with Crippen LogP contribution in [0.2, 0.25) is 0 Å². The maximum absolute atomic E-state index is 11.4. The first-order chi connectivity index (χ1) is 8.06. The molecule has 1 atom stereocenters. The van der Waals surface area contributed by atoms with Gasteiger partial charge >= 0.3 is 5.97 Å². The van der Waals surface area contributed by atoms with Crippen LogP contribution < -0.4 is 0 Å². The van der Waals surface area contributed by atoms with Gasteiger partial charge in [-0.2, -0.15) is 0 Å². The molecule has 100 valence electrons. The molecular formula is C14H26O3. The molecule has 0 aromatic rings. The van der Waals surface area contributed by atoms with Gasteiger partial charge in [0.2, 0.25) is 0 Å². The smallest absolute Gasteiger partial charge is 0.306 e. The van der Waals surface area contributed by atoms with Crippen LogP contribution >= 0.6 is 0 Å². The highest BCUT2D eigenvalue weighted by Gasteiger charge is 2.11. The number of carbonyl (C=O) groups is 2. The summed E-state index contributed by atoms with van der Waals surface area (Å²) in [6.45, 7) is 5.83. The molecule has 17 heavy (non-hydrogen) atoms. The molecule has 0 fully saturated rings. The molecule has 0 aliphatic heterocycles. The third kappa shape index (κ3) is 11.4. The number of hydrogen-bond acceptors (Lipinski definition) is 3. The van der Waals surface area contributed by atoms with E-state index < -0.39 is 0 Å². The number of esters is 1. The van der Waals surface area contributed by atoms with Crippen LogP contribution in [0.4, 0.5) is 0 Å². The van der Waals surface area contributed by atoms with E-state index >= 15 is 0 Å². The summed E-state index contributed by atoms with van der Waals surface area (Å²) in [5.41, 5.74) is 0. The van der Waals surface area contributed by atoms with Crippen molar-refractivity contribution < 1.29 is 14.3 Å². The van der Waals surface area contributed by atoms with Crippen molar-refractivity contribution in [2.75, 3.05) is 0 Å². The molecule has 0 aliphatic rings. The number of hydrogen-bond donors (Lipinski definition) is 0. The highest BCUT2D eigenvalue weighted by Crippen LogP contribution is 2.15. The number of rotatable bonds is 10. The average molecular weight is 242 g/mol. The highest BCUT2D eigenvalue weighted by atomic mass is 16.5. The molecule has 0 aliphatic carbocycles. The van der Waals surface area contributed by atoms with Crippen LogP contribution in [-0.2, 0) is 14.3 Å². The molecule has 0 heterocycles. The van der Waals surface area contributed by atoms with E-state index in [2.05, 4.69) is 6.92 Å². The van der Waals surface area contributed by atoms with Gasteiger partial charge in [0.15, 0.2) is 0 Å². The van der Waals surface area contributed by atoms with Gasteiger partial charge < -0.3 is 9.53 Å². The summed E-state index contributed by atoms with van der Waals surface area (Å²) in [6, 6.07) is 0. The summed E-state index contributed by atoms with van der Waals surface area (Å²) in [5.74, 6) is 0.306. The molecule has 0 radical (unpaired) electrons. The van der Waals surface area contributed by atoms with Gasteiger partial charge in [0.1, 0.15) is 6.29 Å². The van der Waals surface area contributed by atoms with Crippen molar-refractivity contribution in [3.05, 3.63) is 0 Å². The molecular weight excluding hydrogens is 216 g/mol. The lowest BCUT2D eigenvalue weighted by Gasteiger charge is -2.12. The Morgan fingerprint density at radius 3 is 2.35 bits per heavy atom. The predicted octanol–water partition coefficient (Wildman–Crippen LogP) is 3.50. The molecule has 0 amide bonds. The maximum atomic E-state index is 11.4. The van der Waals surface area contributed by atoms with Gasteiger partial charge in [0.25, 0.3) is 0 Å². The lowest BCUT2D eigenvalue weighted by atomic mass is 9.99. The second-order valence-electron chi connectivity index (χ2n) is 5.01. The first kappa shape index (κ1) is 16.1. The Morgan fingerprint density at radius 1 is 1.12 bits per heavy atom. The molecule has 0 aromatic heterocycles. The van der Waals surface area contributed by atoms with Gasteiger partial charge in [-0.15, -0.1) is 0 Å². The largest absolute Gasteiger partial charge is 0.463 e. The summed E-state index contributed by atoms with van der Waals surface area (Å²) >= 11 is 0. The van der Waals surface area contributed by atoms with Crippen LogP contribution in [0.1, 0.15) is 65.7 Å². The zero-order chi connectivity index (χ0) is 13.1. The van der Waals surface area contributed by atoms with Crippen LogP contribution in [0.5, 0.6) is 0 Å². The lowest BCUT2D eigenvalue weighted by molar-refractivity contribution is -0.148. The second-order valence-corrected chi connectivity index (χ2v) is 5.01. The molecule has 0 aromatic carbocycles. The Kier molecular flexibility index (Phi) is 9.78. The van der Waals surface area contributed by atoms with E-state index in [-0.39, 0.29) is 12.1 Å². The molecule has 1 unspecified atom stereocenters. The fraction of sp³-hybridized carbons (Fsp3) is 0.857. The van der Waals surface area contributed by atoms with Gasteiger partial charge in [-0.05, 0) is 26.2 Å². The van der Waals surface area contributed by atoms with Crippen molar-refractivity contribution in [2.45, 2.75) is 71.8 Å². The van der Waals surface area contributed by atoms with E-state index in [1.165, 1.54) is 0 Å². The van der Waals surface area contributed by atoms with Gasteiger partial charge in [-0.1, -0.05) is 32.6 Å². The van der Waals surface area contributed by atoms with E-state index in [1.54, 1.807) is 0 Å². The molecule has 3 heteroatoms. The lowest BCUT2D eigenvalue weighted by Crippen LogP contribution is -2.14. The van der Waals surface area contributed by atoms with E-state index in [9.17, 15) is 9.59 Å². The Morgan fingerprint density at radius 2 is 1.76 bits per heavy atom. The summed E-state index contributed by atoms with van der Waals surface area (Å²) < 4.78 is 5.10. The monoisotopic (exact) mass is 242 g/mol.